The minimum atomic E-state index is -0.552. The average molecular weight is 299 g/mol. The van der Waals surface area contributed by atoms with Crippen LogP contribution in [0.4, 0.5) is 4.39 Å². The van der Waals surface area contributed by atoms with Crippen molar-refractivity contribution in [3.05, 3.63) is 34.6 Å². The van der Waals surface area contributed by atoms with E-state index in [0.29, 0.717) is 24.7 Å². The molecule has 1 aromatic rings. The third kappa shape index (κ3) is 3.70. The summed E-state index contributed by atoms with van der Waals surface area (Å²) in [5, 5.41) is 3.46. The second-order valence-corrected chi connectivity index (χ2v) is 5.53. The standard InChI is InChI=1S/C15H20ClFN2O/c1-2-19(10-12-5-3-4-8-18-12)15(20)11-6-7-13(16)14(17)9-11/h6-7,9,12,18H,2-5,8,10H2,1H3. The highest BCUT2D eigenvalue weighted by molar-refractivity contribution is 6.30. The van der Waals surface area contributed by atoms with Crippen molar-refractivity contribution < 1.29 is 9.18 Å². The first-order valence-electron chi connectivity index (χ1n) is 7.09. The third-order valence-electron chi connectivity index (χ3n) is 3.69. The van der Waals surface area contributed by atoms with Crippen LogP contribution in [-0.4, -0.2) is 36.5 Å². The molecule has 5 heteroatoms. The number of carbonyl (C=O) groups is 1. The monoisotopic (exact) mass is 298 g/mol. The van der Waals surface area contributed by atoms with Crippen LogP contribution in [0.5, 0.6) is 0 Å². The summed E-state index contributed by atoms with van der Waals surface area (Å²) in [5.74, 6) is -0.695. The van der Waals surface area contributed by atoms with Gasteiger partial charge in [0.2, 0.25) is 0 Å². The van der Waals surface area contributed by atoms with Gasteiger partial charge in [0.25, 0.3) is 5.91 Å². The van der Waals surface area contributed by atoms with E-state index in [9.17, 15) is 9.18 Å². The van der Waals surface area contributed by atoms with Crippen LogP contribution >= 0.6 is 11.6 Å². The van der Waals surface area contributed by atoms with E-state index in [1.165, 1.54) is 25.0 Å². The molecular formula is C15H20ClFN2O. The van der Waals surface area contributed by atoms with Crippen LogP contribution in [-0.2, 0) is 0 Å². The highest BCUT2D eigenvalue weighted by atomic mass is 35.5. The lowest BCUT2D eigenvalue weighted by Crippen LogP contribution is -2.45. The fraction of sp³-hybridized carbons (Fsp3) is 0.533. The van der Waals surface area contributed by atoms with Crippen LogP contribution in [0.25, 0.3) is 0 Å². The van der Waals surface area contributed by atoms with Gasteiger partial charge in [0.15, 0.2) is 0 Å². The molecule has 1 aliphatic heterocycles. The lowest BCUT2D eigenvalue weighted by Gasteiger charge is -2.30. The molecular weight excluding hydrogens is 279 g/mol. The lowest BCUT2D eigenvalue weighted by atomic mass is 10.0. The molecule has 0 aliphatic carbocycles. The Balaban J connectivity index is 2.05. The van der Waals surface area contributed by atoms with E-state index in [4.69, 9.17) is 11.6 Å². The number of rotatable bonds is 4. The van der Waals surface area contributed by atoms with Crippen molar-refractivity contribution in [2.45, 2.75) is 32.2 Å². The fourth-order valence-corrected chi connectivity index (χ4v) is 2.63. The number of halogens is 2. The first-order chi connectivity index (χ1) is 9.61. The van der Waals surface area contributed by atoms with Crippen molar-refractivity contribution in [3.8, 4) is 0 Å². The smallest absolute Gasteiger partial charge is 0.254 e. The van der Waals surface area contributed by atoms with Gasteiger partial charge in [-0.05, 0) is 44.5 Å². The Morgan fingerprint density at radius 1 is 1.50 bits per heavy atom. The normalized spacial score (nSPS) is 18.9. The third-order valence-corrected chi connectivity index (χ3v) is 4.00. The van der Waals surface area contributed by atoms with Crippen molar-refractivity contribution >= 4 is 17.5 Å². The molecule has 1 heterocycles. The molecule has 1 unspecified atom stereocenters. The molecule has 1 fully saturated rings. The number of amides is 1. The van der Waals surface area contributed by atoms with Crippen LogP contribution < -0.4 is 5.32 Å². The van der Waals surface area contributed by atoms with Crippen molar-refractivity contribution in [1.82, 2.24) is 10.2 Å². The van der Waals surface area contributed by atoms with E-state index >= 15 is 0 Å². The van der Waals surface area contributed by atoms with E-state index < -0.39 is 5.82 Å². The van der Waals surface area contributed by atoms with Gasteiger partial charge in [-0.15, -0.1) is 0 Å². The molecule has 0 radical (unpaired) electrons. The predicted octanol–water partition coefficient (Wildman–Crippen LogP) is 3.08. The first-order valence-corrected chi connectivity index (χ1v) is 7.47. The van der Waals surface area contributed by atoms with Crippen LogP contribution in [0.2, 0.25) is 5.02 Å². The minimum Gasteiger partial charge on any atom is -0.337 e. The van der Waals surface area contributed by atoms with Gasteiger partial charge in [0, 0.05) is 24.7 Å². The highest BCUT2D eigenvalue weighted by Gasteiger charge is 2.21. The van der Waals surface area contributed by atoms with Gasteiger partial charge in [0.05, 0.1) is 5.02 Å². The molecule has 1 atom stereocenters. The number of hydrogen-bond acceptors (Lipinski definition) is 2. The van der Waals surface area contributed by atoms with Crippen LogP contribution in [0.1, 0.15) is 36.5 Å². The number of nitrogens with one attached hydrogen (secondary N) is 1. The molecule has 1 aromatic carbocycles. The van der Waals surface area contributed by atoms with Gasteiger partial charge in [0.1, 0.15) is 5.82 Å². The molecule has 20 heavy (non-hydrogen) atoms. The summed E-state index contributed by atoms with van der Waals surface area (Å²) in [7, 11) is 0. The van der Waals surface area contributed by atoms with Gasteiger partial charge in [-0.3, -0.25) is 4.79 Å². The van der Waals surface area contributed by atoms with Gasteiger partial charge in [-0.2, -0.15) is 0 Å². The van der Waals surface area contributed by atoms with Crippen molar-refractivity contribution in [1.29, 1.82) is 0 Å². The van der Waals surface area contributed by atoms with Gasteiger partial charge in [-0.25, -0.2) is 4.39 Å². The Hall–Kier alpha value is -1.13. The van der Waals surface area contributed by atoms with E-state index in [0.717, 1.165) is 13.0 Å². The maximum Gasteiger partial charge on any atom is 0.254 e. The molecule has 2 rings (SSSR count). The Bertz CT molecular complexity index is 475. The van der Waals surface area contributed by atoms with Gasteiger partial charge in [-0.1, -0.05) is 18.0 Å². The van der Waals surface area contributed by atoms with Gasteiger partial charge < -0.3 is 10.2 Å². The number of piperidine rings is 1. The summed E-state index contributed by atoms with van der Waals surface area (Å²) in [5.41, 5.74) is 0.351. The fourth-order valence-electron chi connectivity index (χ4n) is 2.51. The molecule has 1 aliphatic rings. The molecule has 0 saturated carbocycles. The topological polar surface area (TPSA) is 32.3 Å². The van der Waals surface area contributed by atoms with E-state index in [1.807, 2.05) is 6.92 Å². The van der Waals surface area contributed by atoms with E-state index in [1.54, 1.807) is 11.0 Å². The van der Waals surface area contributed by atoms with E-state index in [2.05, 4.69) is 5.32 Å². The molecule has 0 aromatic heterocycles. The lowest BCUT2D eigenvalue weighted by molar-refractivity contribution is 0.0741. The Kier molecular flexibility index (Phi) is 5.38. The molecule has 1 saturated heterocycles. The second-order valence-electron chi connectivity index (χ2n) is 5.12. The summed E-state index contributed by atoms with van der Waals surface area (Å²) in [6.07, 6.45) is 3.47. The molecule has 110 valence electrons. The molecule has 1 N–H and O–H groups in total. The summed E-state index contributed by atoms with van der Waals surface area (Å²) in [6, 6.07) is 4.55. The minimum absolute atomic E-state index is 0.0403. The quantitative estimate of drug-likeness (QED) is 0.926. The molecule has 0 bridgehead atoms. The zero-order valence-electron chi connectivity index (χ0n) is 11.7. The van der Waals surface area contributed by atoms with Crippen molar-refractivity contribution in [2.24, 2.45) is 0 Å². The Morgan fingerprint density at radius 2 is 2.30 bits per heavy atom. The Labute approximate surface area is 124 Å². The van der Waals surface area contributed by atoms with Crippen LogP contribution in [0.3, 0.4) is 0 Å². The largest absolute Gasteiger partial charge is 0.337 e. The summed E-state index contributed by atoms with van der Waals surface area (Å²) in [4.78, 5) is 14.2. The number of carbonyl (C=O) groups excluding carboxylic acids is 1. The second kappa shape index (κ2) is 7.04. The number of benzene rings is 1. The zero-order valence-corrected chi connectivity index (χ0v) is 12.4. The summed E-state index contributed by atoms with van der Waals surface area (Å²) >= 11 is 5.64. The van der Waals surface area contributed by atoms with E-state index in [-0.39, 0.29) is 10.9 Å². The molecule has 1 amide bonds. The van der Waals surface area contributed by atoms with Crippen molar-refractivity contribution in [3.63, 3.8) is 0 Å². The first kappa shape index (κ1) is 15.3. The summed E-state index contributed by atoms with van der Waals surface area (Å²) < 4.78 is 13.5. The predicted molar refractivity (Wildman–Crippen MR) is 78.6 cm³/mol. The number of hydrogen-bond donors (Lipinski definition) is 1. The number of nitrogens with zero attached hydrogens (tertiary/aromatic N) is 1. The van der Waals surface area contributed by atoms with Crippen LogP contribution in [0.15, 0.2) is 18.2 Å². The maximum atomic E-state index is 13.5. The molecule has 3 nitrogen and oxygen atoms in total. The average Bonchev–Trinajstić information content (AvgIpc) is 2.48. The Morgan fingerprint density at radius 3 is 2.90 bits per heavy atom. The highest BCUT2D eigenvalue weighted by Crippen LogP contribution is 2.17. The number of likely N-dealkylation sites (N-methyl/N-ethyl adjacent to an activating group) is 1. The maximum absolute atomic E-state index is 13.5. The van der Waals surface area contributed by atoms with Crippen LogP contribution in [0, 0.1) is 5.82 Å². The zero-order chi connectivity index (χ0) is 14.5. The molecule has 0 spiro atoms. The van der Waals surface area contributed by atoms with Crippen molar-refractivity contribution in [2.75, 3.05) is 19.6 Å². The SMILES string of the molecule is CCN(CC1CCCCN1)C(=O)c1ccc(Cl)c(F)c1. The summed E-state index contributed by atoms with van der Waals surface area (Å²) in [6.45, 7) is 4.22. The van der Waals surface area contributed by atoms with Gasteiger partial charge >= 0.3 is 0 Å².